The maximum Gasteiger partial charge on any atom is 0.284 e. The molecule has 0 unspecified atom stereocenters. The van der Waals surface area contributed by atoms with Gasteiger partial charge in [0.05, 0.1) is 22.5 Å². The van der Waals surface area contributed by atoms with Gasteiger partial charge in [-0.05, 0) is 18.2 Å². The number of anilines is 1. The average Bonchev–Trinajstić information content (AvgIpc) is 3.12. The van der Waals surface area contributed by atoms with Gasteiger partial charge in [0.2, 0.25) is 0 Å². The molecule has 5 nitrogen and oxygen atoms in total. The number of carbonyl (C=O) groups excluding carboxylic acids is 1. The summed E-state index contributed by atoms with van der Waals surface area (Å²) < 4.78 is 28.4. The summed E-state index contributed by atoms with van der Waals surface area (Å²) in [5.41, 5.74) is 0.850. The van der Waals surface area contributed by atoms with Crippen molar-refractivity contribution in [2.75, 3.05) is 11.9 Å². The van der Waals surface area contributed by atoms with Crippen LogP contribution >= 0.6 is 11.3 Å². The molecule has 1 aliphatic heterocycles. The van der Waals surface area contributed by atoms with Crippen LogP contribution < -0.4 is 10.6 Å². The molecule has 1 amide bonds. The van der Waals surface area contributed by atoms with Crippen molar-refractivity contribution in [2.24, 2.45) is 0 Å². The summed E-state index contributed by atoms with van der Waals surface area (Å²) >= 11 is 1.29. The van der Waals surface area contributed by atoms with Crippen molar-refractivity contribution in [3.8, 4) is 17.2 Å². The van der Waals surface area contributed by atoms with Crippen LogP contribution in [0.4, 0.5) is 14.5 Å². The first kappa shape index (κ1) is 18.2. The van der Waals surface area contributed by atoms with Crippen LogP contribution in [0.15, 0.2) is 36.4 Å². The maximum atomic E-state index is 14.2. The first-order valence-corrected chi connectivity index (χ1v) is 9.38. The number of hydrogen-bond acceptors (Lipinski definition) is 5. The number of aromatic nitrogens is 1. The van der Waals surface area contributed by atoms with E-state index >= 15 is 0 Å². The Kier molecular flexibility index (Phi) is 4.86. The molecule has 4 rings (SSSR count). The van der Waals surface area contributed by atoms with Gasteiger partial charge in [0.25, 0.3) is 5.91 Å². The molecule has 8 heteroatoms. The molecule has 2 heterocycles. The minimum absolute atomic E-state index is 0.0113. The van der Waals surface area contributed by atoms with Crippen molar-refractivity contribution in [3.63, 3.8) is 0 Å². The van der Waals surface area contributed by atoms with Gasteiger partial charge in [-0.1, -0.05) is 18.2 Å². The van der Waals surface area contributed by atoms with Gasteiger partial charge >= 0.3 is 0 Å². The van der Waals surface area contributed by atoms with Crippen molar-refractivity contribution in [1.82, 2.24) is 10.3 Å². The minimum atomic E-state index is -0.778. The van der Waals surface area contributed by atoms with Crippen molar-refractivity contribution >= 4 is 22.9 Å². The molecule has 2 N–H and O–H groups in total. The van der Waals surface area contributed by atoms with E-state index in [1.54, 1.807) is 0 Å². The second-order valence-electron chi connectivity index (χ2n) is 6.21. The Hall–Kier alpha value is -3.15. The van der Waals surface area contributed by atoms with Crippen LogP contribution in [0.2, 0.25) is 0 Å². The van der Waals surface area contributed by atoms with Crippen LogP contribution in [-0.2, 0) is 13.0 Å². The van der Waals surface area contributed by atoms with Crippen molar-refractivity contribution in [1.29, 1.82) is 5.26 Å². The molecule has 3 aromatic rings. The fourth-order valence-corrected chi connectivity index (χ4v) is 4.11. The Balaban J connectivity index is 1.70. The predicted molar refractivity (Wildman–Crippen MR) is 102 cm³/mol. The van der Waals surface area contributed by atoms with Crippen molar-refractivity contribution in [2.45, 2.75) is 13.0 Å². The van der Waals surface area contributed by atoms with Crippen molar-refractivity contribution in [3.05, 3.63) is 69.2 Å². The summed E-state index contributed by atoms with van der Waals surface area (Å²) in [6.45, 7) is 1.48. The van der Waals surface area contributed by atoms with Gasteiger partial charge in [-0.25, -0.2) is 13.8 Å². The molecular weight excluding hydrogens is 382 g/mol. The highest BCUT2D eigenvalue weighted by molar-refractivity contribution is 7.13. The number of nitrogens with one attached hydrogen (secondary N) is 2. The zero-order valence-electron chi connectivity index (χ0n) is 14.6. The molecule has 0 atom stereocenters. The van der Waals surface area contributed by atoms with Crippen LogP contribution in [0, 0.1) is 23.0 Å². The van der Waals surface area contributed by atoms with Crippen LogP contribution in [0.1, 0.15) is 25.9 Å². The molecule has 1 aliphatic rings. The molecule has 0 spiro atoms. The fourth-order valence-electron chi connectivity index (χ4n) is 3.14. The van der Waals surface area contributed by atoms with E-state index in [2.05, 4.69) is 15.6 Å². The number of thiazole rings is 1. The molecule has 0 bridgehead atoms. The van der Waals surface area contributed by atoms with E-state index in [1.807, 2.05) is 6.07 Å². The Morgan fingerprint density at radius 3 is 2.68 bits per heavy atom. The van der Waals surface area contributed by atoms with Gasteiger partial charge in [-0.3, -0.25) is 4.79 Å². The third-order valence-corrected chi connectivity index (χ3v) is 5.55. The summed E-state index contributed by atoms with van der Waals surface area (Å²) in [5.74, 6) is -2.01. The van der Waals surface area contributed by atoms with Crippen molar-refractivity contribution < 1.29 is 13.6 Å². The van der Waals surface area contributed by atoms with E-state index in [9.17, 15) is 18.8 Å². The number of nitrogens with zero attached hydrogens (tertiary/aromatic N) is 2. The second kappa shape index (κ2) is 7.46. The molecule has 28 heavy (non-hydrogen) atoms. The lowest BCUT2D eigenvalue weighted by Gasteiger charge is -2.11. The Bertz CT molecular complexity index is 1080. The number of fused-ring (bicyclic) bond motifs is 1. The van der Waals surface area contributed by atoms with Gasteiger partial charge < -0.3 is 10.6 Å². The standard InChI is InChI=1S/C20H14F2N4OS/c21-13-4-2-5-14(22)18(13)11-3-1-6-15(12(11)9-23)25-19(27)20-26-16-7-8-24-10-17(16)28-20/h1-6,24H,7-8,10H2,(H,25,27). The zero-order chi connectivity index (χ0) is 19.7. The normalized spacial score (nSPS) is 12.9. The fraction of sp³-hybridized carbons (Fsp3) is 0.150. The predicted octanol–water partition coefficient (Wildman–Crippen LogP) is 3.86. The molecule has 2 aromatic carbocycles. The summed E-state index contributed by atoms with van der Waals surface area (Å²) in [6.07, 6.45) is 0.755. The van der Waals surface area contributed by atoms with Gasteiger partial charge in [-0.2, -0.15) is 5.26 Å². The Morgan fingerprint density at radius 2 is 1.96 bits per heavy atom. The number of nitriles is 1. The Labute approximate surface area is 163 Å². The molecule has 0 aliphatic carbocycles. The van der Waals surface area contributed by atoms with Gasteiger partial charge in [-0.15, -0.1) is 11.3 Å². The highest BCUT2D eigenvalue weighted by atomic mass is 32.1. The molecule has 0 radical (unpaired) electrons. The van der Waals surface area contributed by atoms with Crippen LogP contribution in [0.3, 0.4) is 0 Å². The first-order valence-electron chi connectivity index (χ1n) is 8.56. The van der Waals surface area contributed by atoms with E-state index < -0.39 is 17.5 Å². The largest absolute Gasteiger partial charge is 0.319 e. The molecule has 0 saturated carbocycles. The highest BCUT2D eigenvalue weighted by Gasteiger charge is 2.22. The lowest BCUT2D eigenvalue weighted by atomic mass is 9.98. The number of carbonyl (C=O) groups is 1. The topological polar surface area (TPSA) is 77.8 Å². The SMILES string of the molecule is N#Cc1c(NC(=O)c2nc3c(s2)CNCC3)cccc1-c1c(F)cccc1F. The maximum absolute atomic E-state index is 14.2. The van der Waals surface area contributed by atoms with Crippen LogP contribution in [-0.4, -0.2) is 17.4 Å². The number of rotatable bonds is 3. The van der Waals surface area contributed by atoms with Crippen LogP contribution in [0.5, 0.6) is 0 Å². The third-order valence-electron chi connectivity index (χ3n) is 4.45. The number of halogens is 2. The minimum Gasteiger partial charge on any atom is -0.319 e. The Morgan fingerprint density at radius 1 is 1.21 bits per heavy atom. The lowest BCUT2D eigenvalue weighted by Crippen LogP contribution is -2.22. The second-order valence-corrected chi connectivity index (χ2v) is 7.29. The zero-order valence-corrected chi connectivity index (χ0v) is 15.4. The lowest BCUT2D eigenvalue weighted by molar-refractivity contribution is 0.102. The molecule has 0 fully saturated rings. The van der Waals surface area contributed by atoms with Crippen LogP contribution in [0.25, 0.3) is 11.1 Å². The van der Waals surface area contributed by atoms with Gasteiger partial charge in [0.15, 0.2) is 5.01 Å². The van der Waals surface area contributed by atoms with E-state index in [0.29, 0.717) is 11.6 Å². The monoisotopic (exact) mass is 396 g/mol. The molecule has 0 saturated heterocycles. The third kappa shape index (κ3) is 3.26. The number of amides is 1. The number of benzene rings is 2. The summed E-state index contributed by atoms with van der Waals surface area (Å²) in [5, 5.41) is 15.8. The molecule has 1 aromatic heterocycles. The molecular formula is C20H14F2N4OS. The summed E-state index contributed by atoms with van der Waals surface area (Å²) in [6, 6.07) is 9.96. The average molecular weight is 396 g/mol. The highest BCUT2D eigenvalue weighted by Crippen LogP contribution is 2.33. The van der Waals surface area contributed by atoms with E-state index in [1.165, 1.54) is 35.6 Å². The number of hydrogen-bond donors (Lipinski definition) is 2. The smallest absolute Gasteiger partial charge is 0.284 e. The van der Waals surface area contributed by atoms with E-state index in [4.69, 9.17) is 0 Å². The van der Waals surface area contributed by atoms with E-state index in [0.717, 1.165) is 35.7 Å². The first-order chi connectivity index (χ1) is 13.6. The van der Waals surface area contributed by atoms with Gasteiger partial charge in [0, 0.05) is 30.0 Å². The summed E-state index contributed by atoms with van der Waals surface area (Å²) in [4.78, 5) is 18.0. The van der Waals surface area contributed by atoms with E-state index in [-0.39, 0.29) is 22.4 Å². The van der Waals surface area contributed by atoms with Gasteiger partial charge in [0.1, 0.15) is 17.7 Å². The molecule has 140 valence electrons. The quantitative estimate of drug-likeness (QED) is 0.705. The summed E-state index contributed by atoms with van der Waals surface area (Å²) in [7, 11) is 0.